The molecule has 5 heteroatoms. The van der Waals surface area contributed by atoms with Crippen LogP contribution in [0.2, 0.25) is 0 Å². The average Bonchev–Trinajstić information content (AvgIpc) is 2.46. The number of piperidine rings is 1. The summed E-state index contributed by atoms with van der Waals surface area (Å²) in [5, 5.41) is 12.3. The molecule has 1 saturated heterocycles. The van der Waals surface area contributed by atoms with E-state index in [-0.39, 0.29) is 11.8 Å². The zero-order chi connectivity index (χ0) is 13.8. The van der Waals surface area contributed by atoms with Crippen molar-refractivity contribution in [3.05, 3.63) is 23.9 Å². The second kappa shape index (κ2) is 6.02. The van der Waals surface area contributed by atoms with Crippen molar-refractivity contribution in [1.29, 1.82) is 0 Å². The Labute approximate surface area is 113 Å². The highest BCUT2D eigenvalue weighted by molar-refractivity contribution is 5.78. The van der Waals surface area contributed by atoms with Crippen LogP contribution in [0.3, 0.4) is 0 Å². The molecule has 0 bridgehead atoms. The summed E-state index contributed by atoms with van der Waals surface area (Å²) in [4.78, 5) is 18.1. The lowest BCUT2D eigenvalue weighted by molar-refractivity contribution is -0.125. The van der Waals surface area contributed by atoms with Crippen molar-refractivity contribution in [2.24, 2.45) is 5.92 Å². The van der Waals surface area contributed by atoms with E-state index in [2.05, 4.69) is 15.2 Å². The fourth-order valence-corrected chi connectivity index (χ4v) is 2.44. The topological polar surface area (TPSA) is 65.5 Å². The third kappa shape index (κ3) is 3.23. The van der Waals surface area contributed by atoms with Crippen LogP contribution in [0, 0.1) is 5.92 Å². The number of carbonyl (C=O) groups is 1. The molecule has 1 aliphatic heterocycles. The molecular formula is C14H21N3O2. The molecule has 2 heterocycles. The maximum absolute atomic E-state index is 11.6. The lowest BCUT2D eigenvalue weighted by Gasteiger charge is -2.32. The number of aliphatic hydroxyl groups excluding tert-OH is 1. The molecule has 0 radical (unpaired) electrons. The zero-order valence-corrected chi connectivity index (χ0v) is 11.5. The molecule has 0 saturated carbocycles. The Hall–Kier alpha value is -1.62. The van der Waals surface area contributed by atoms with E-state index in [9.17, 15) is 9.90 Å². The van der Waals surface area contributed by atoms with Gasteiger partial charge in [-0.2, -0.15) is 0 Å². The van der Waals surface area contributed by atoms with Crippen molar-refractivity contribution in [2.75, 3.05) is 25.0 Å². The summed E-state index contributed by atoms with van der Waals surface area (Å²) in [6, 6.07) is 3.75. The Balaban J connectivity index is 2.01. The van der Waals surface area contributed by atoms with Crippen molar-refractivity contribution in [2.45, 2.75) is 25.9 Å². The number of hydrogen-bond acceptors (Lipinski definition) is 4. The maximum Gasteiger partial charge on any atom is 0.222 e. The van der Waals surface area contributed by atoms with E-state index in [0.29, 0.717) is 0 Å². The number of nitrogens with one attached hydrogen (secondary N) is 1. The summed E-state index contributed by atoms with van der Waals surface area (Å²) >= 11 is 0. The first kappa shape index (κ1) is 13.8. The van der Waals surface area contributed by atoms with Gasteiger partial charge in [0.25, 0.3) is 0 Å². The summed E-state index contributed by atoms with van der Waals surface area (Å²) in [6.07, 6.45) is 2.94. The van der Waals surface area contributed by atoms with E-state index in [1.807, 2.05) is 12.1 Å². The molecule has 2 N–H and O–H groups in total. The molecule has 1 unspecified atom stereocenters. The van der Waals surface area contributed by atoms with Crippen LogP contribution in [0.1, 0.15) is 31.4 Å². The SMILES string of the molecule is CNC(=O)C1CCN(c2cc(C(C)O)ccn2)CC1. The number of pyridine rings is 1. The van der Waals surface area contributed by atoms with Gasteiger partial charge in [0.1, 0.15) is 5.82 Å². The average molecular weight is 263 g/mol. The van der Waals surface area contributed by atoms with Crippen LogP contribution in [-0.2, 0) is 4.79 Å². The monoisotopic (exact) mass is 263 g/mol. The number of aliphatic hydroxyl groups is 1. The van der Waals surface area contributed by atoms with E-state index < -0.39 is 6.10 Å². The molecule has 104 valence electrons. The van der Waals surface area contributed by atoms with Crippen LogP contribution >= 0.6 is 0 Å². The highest BCUT2D eigenvalue weighted by Gasteiger charge is 2.24. The fraction of sp³-hybridized carbons (Fsp3) is 0.571. The number of carbonyl (C=O) groups excluding carboxylic acids is 1. The number of hydrogen-bond donors (Lipinski definition) is 2. The van der Waals surface area contributed by atoms with Crippen molar-refractivity contribution in [3.63, 3.8) is 0 Å². The van der Waals surface area contributed by atoms with Gasteiger partial charge in [-0.1, -0.05) is 0 Å². The Kier molecular flexibility index (Phi) is 4.37. The van der Waals surface area contributed by atoms with Gasteiger partial charge < -0.3 is 15.3 Å². The highest BCUT2D eigenvalue weighted by Crippen LogP contribution is 2.24. The van der Waals surface area contributed by atoms with Gasteiger partial charge in [0.05, 0.1) is 6.10 Å². The van der Waals surface area contributed by atoms with Gasteiger partial charge in [-0.05, 0) is 37.5 Å². The predicted molar refractivity (Wildman–Crippen MR) is 73.9 cm³/mol. The summed E-state index contributed by atoms with van der Waals surface area (Å²) in [6.45, 7) is 3.40. The Morgan fingerprint density at radius 2 is 2.21 bits per heavy atom. The van der Waals surface area contributed by atoms with Gasteiger partial charge in [0, 0.05) is 32.3 Å². The molecule has 1 amide bonds. The van der Waals surface area contributed by atoms with E-state index in [1.165, 1.54) is 0 Å². The number of aromatic nitrogens is 1. The highest BCUT2D eigenvalue weighted by atomic mass is 16.3. The summed E-state index contributed by atoms with van der Waals surface area (Å²) in [5.74, 6) is 1.13. The van der Waals surface area contributed by atoms with Gasteiger partial charge in [-0.3, -0.25) is 4.79 Å². The molecule has 1 atom stereocenters. The van der Waals surface area contributed by atoms with Crippen LogP contribution in [0.15, 0.2) is 18.3 Å². The van der Waals surface area contributed by atoms with Gasteiger partial charge >= 0.3 is 0 Å². The quantitative estimate of drug-likeness (QED) is 0.857. The molecule has 1 aromatic heterocycles. The smallest absolute Gasteiger partial charge is 0.222 e. The second-order valence-electron chi connectivity index (χ2n) is 5.00. The van der Waals surface area contributed by atoms with Gasteiger partial charge in [0.15, 0.2) is 0 Å². The van der Waals surface area contributed by atoms with Gasteiger partial charge in [-0.15, -0.1) is 0 Å². The minimum atomic E-state index is -0.481. The first-order chi connectivity index (χ1) is 9.11. The van der Waals surface area contributed by atoms with E-state index >= 15 is 0 Å². The van der Waals surface area contributed by atoms with Gasteiger partial charge in [-0.25, -0.2) is 4.98 Å². The lowest BCUT2D eigenvalue weighted by Crippen LogP contribution is -2.39. The second-order valence-corrected chi connectivity index (χ2v) is 5.00. The third-order valence-corrected chi connectivity index (χ3v) is 3.69. The molecule has 19 heavy (non-hydrogen) atoms. The largest absolute Gasteiger partial charge is 0.389 e. The number of anilines is 1. The van der Waals surface area contributed by atoms with E-state index in [4.69, 9.17) is 0 Å². The number of amides is 1. The van der Waals surface area contributed by atoms with Crippen molar-refractivity contribution in [1.82, 2.24) is 10.3 Å². The molecule has 0 aromatic carbocycles. The Bertz CT molecular complexity index is 440. The Morgan fingerprint density at radius 3 is 2.79 bits per heavy atom. The molecule has 0 spiro atoms. The molecule has 1 aromatic rings. The van der Waals surface area contributed by atoms with Crippen molar-refractivity contribution >= 4 is 11.7 Å². The molecule has 1 fully saturated rings. The maximum atomic E-state index is 11.6. The van der Waals surface area contributed by atoms with Crippen LogP contribution in [0.5, 0.6) is 0 Å². The molecular weight excluding hydrogens is 242 g/mol. The van der Waals surface area contributed by atoms with Crippen LogP contribution in [0.25, 0.3) is 0 Å². The summed E-state index contributed by atoms with van der Waals surface area (Å²) < 4.78 is 0. The molecule has 5 nitrogen and oxygen atoms in total. The lowest BCUT2D eigenvalue weighted by atomic mass is 9.96. The van der Waals surface area contributed by atoms with Crippen LogP contribution in [0.4, 0.5) is 5.82 Å². The Morgan fingerprint density at radius 1 is 1.53 bits per heavy atom. The summed E-state index contributed by atoms with van der Waals surface area (Å²) in [5.41, 5.74) is 0.874. The van der Waals surface area contributed by atoms with Crippen LogP contribution < -0.4 is 10.2 Å². The van der Waals surface area contributed by atoms with Crippen LogP contribution in [-0.4, -0.2) is 36.1 Å². The predicted octanol–water partition coefficient (Wildman–Crippen LogP) is 1.10. The van der Waals surface area contributed by atoms with Gasteiger partial charge in [0.2, 0.25) is 5.91 Å². The third-order valence-electron chi connectivity index (χ3n) is 3.69. The molecule has 2 rings (SSSR count). The first-order valence-corrected chi connectivity index (χ1v) is 6.72. The van der Waals surface area contributed by atoms with Crippen molar-refractivity contribution < 1.29 is 9.90 Å². The standard InChI is InChI=1S/C14H21N3O2/c1-10(18)12-3-6-16-13(9-12)17-7-4-11(5-8-17)14(19)15-2/h3,6,9-11,18H,4-5,7-8H2,1-2H3,(H,15,19). The minimum Gasteiger partial charge on any atom is -0.389 e. The normalized spacial score (nSPS) is 18.2. The number of rotatable bonds is 3. The molecule has 0 aliphatic carbocycles. The molecule has 1 aliphatic rings. The minimum absolute atomic E-state index is 0.112. The fourth-order valence-electron chi connectivity index (χ4n) is 2.44. The zero-order valence-electron chi connectivity index (χ0n) is 11.5. The van der Waals surface area contributed by atoms with Crippen molar-refractivity contribution in [3.8, 4) is 0 Å². The number of nitrogens with zero attached hydrogens (tertiary/aromatic N) is 2. The first-order valence-electron chi connectivity index (χ1n) is 6.72. The van der Waals surface area contributed by atoms with E-state index in [1.54, 1.807) is 20.2 Å². The summed E-state index contributed by atoms with van der Waals surface area (Å²) in [7, 11) is 1.68. The van der Waals surface area contributed by atoms with E-state index in [0.717, 1.165) is 37.3 Å².